The molecule has 1 saturated carbocycles. The quantitative estimate of drug-likeness (QED) is 0.648. The highest BCUT2D eigenvalue weighted by Gasteiger charge is 2.60. The lowest BCUT2D eigenvalue weighted by Crippen LogP contribution is -2.50. The molecule has 0 bridgehead atoms. The van der Waals surface area contributed by atoms with Gasteiger partial charge in [0.2, 0.25) is 5.91 Å². The van der Waals surface area contributed by atoms with E-state index in [0.29, 0.717) is 0 Å². The summed E-state index contributed by atoms with van der Waals surface area (Å²) in [7, 11) is 0. The molecule has 3 aromatic rings. The van der Waals surface area contributed by atoms with Crippen molar-refractivity contribution >= 4 is 17.4 Å². The molecule has 0 aromatic heterocycles. The molecule has 0 radical (unpaired) electrons. The minimum absolute atomic E-state index is 0.0291. The molecule has 3 nitrogen and oxygen atoms in total. The summed E-state index contributed by atoms with van der Waals surface area (Å²) in [4.78, 5) is 26.5. The first-order chi connectivity index (χ1) is 14.5. The van der Waals surface area contributed by atoms with Crippen molar-refractivity contribution in [2.45, 2.75) is 30.1 Å². The van der Waals surface area contributed by atoms with Crippen molar-refractivity contribution in [3.05, 3.63) is 101 Å². The standard InChI is InChI=1S/C25H19F2NO2/c26-17-9-5-15(6-10-17)21-13-19(29)14-22(16-7-11-18(27)12-8-16)25(21)20-3-1-2-4-23(20)28-24(25)30/h1-12,21-22H,13-14H2,(H,28,30)/t21-,22-/m0/s1. The van der Waals surface area contributed by atoms with Crippen LogP contribution in [0.2, 0.25) is 0 Å². The maximum atomic E-state index is 13.6. The van der Waals surface area contributed by atoms with E-state index in [9.17, 15) is 18.4 Å². The molecule has 1 heterocycles. The molecule has 1 aliphatic carbocycles. The van der Waals surface area contributed by atoms with E-state index in [-0.39, 0.29) is 36.2 Å². The Morgan fingerprint density at radius 1 is 0.733 bits per heavy atom. The largest absolute Gasteiger partial charge is 0.325 e. The lowest BCUT2D eigenvalue weighted by Gasteiger charge is -2.46. The van der Waals surface area contributed by atoms with Gasteiger partial charge in [-0.25, -0.2) is 8.78 Å². The first-order valence-electron chi connectivity index (χ1n) is 9.93. The fraction of sp³-hybridized carbons (Fsp3) is 0.200. The van der Waals surface area contributed by atoms with Gasteiger partial charge in [-0.1, -0.05) is 42.5 Å². The Morgan fingerprint density at radius 3 is 1.77 bits per heavy atom. The van der Waals surface area contributed by atoms with E-state index in [1.165, 1.54) is 24.3 Å². The van der Waals surface area contributed by atoms with Gasteiger partial charge in [0.25, 0.3) is 0 Å². The molecule has 2 aliphatic rings. The summed E-state index contributed by atoms with van der Waals surface area (Å²) in [5.41, 5.74) is 1.98. The number of anilines is 1. The van der Waals surface area contributed by atoms with Crippen LogP contribution in [0.25, 0.3) is 0 Å². The number of halogens is 2. The molecule has 5 rings (SSSR count). The van der Waals surface area contributed by atoms with Crippen molar-refractivity contribution < 1.29 is 18.4 Å². The van der Waals surface area contributed by atoms with E-state index < -0.39 is 17.3 Å². The van der Waals surface area contributed by atoms with Crippen LogP contribution in [0.5, 0.6) is 0 Å². The molecule has 2 atom stereocenters. The van der Waals surface area contributed by atoms with E-state index >= 15 is 0 Å². The summed E-state index contributed by atoms with van der Waals surface area (Å²) in [6.07, 6.45) is 0.371. The third-order valence-corrected chi connectivity index (χ3v) is 6.50. The topological polar surface area (TPSA) is 46.2 Å². The molecule has 3 aromatic carbocycles. The molecule has 1 spiro atoms. The van der Waals surface area contributed by atoms with Crippen LogP contribution in [0.3, 0.4) is 0 Å². The number of ketones is 1. The van der Waals surface area contributed by atoms with E-state index in [1.807, 2.05) is 24.3 Å². The summed E-state index contributed by atoms with van der Waals surface area (Å²) >= 11 is 0. The summed E-state index contributed by atoms with van der Waals surface area (Å²) in [5.74, 6) is -1.82. The van der Waals surface area contributed by atoms with Crippen LogP contribution in [-0.4, -0.2) is 11.7 Å². The Morgan fingerprint density at radius 2 is 1.23 bits per heavy atom. The number of para-hydroxylation sites is 1. The summed E-state index contributed by atoms with van der Waals surface area (Å²) in [6.45, 7) is 0. The van der Waals surface area contributed by atoms with Gasteiger partial charge in [-0.15, -0.1) is 0 Å². The monoisotopic (exact) mass is 403 g/mol. The number of Topliss-reactive ketones (excluding diaryl/α,β-unsaturated/α-hetero) is 1. The minimum Gasteiger partial charge on any atom is -0.325 e. The molecular formula is C25H19F2NO2. The lowest BCUT2D eigenvalue weighted by molar-refractivity contribution is -0.128. The van der Waals surface area contributed by atoms with Crippen LogP contribution in [0.15, 0.2) is 72.8 Å². The number of amides is 1. The Balaban J connectivity index is 1.78. The van der Waals surface area contributed by atoms with E-state index in [1.54, 1.807) is 24.3 Å². The zero-order chi connectivity index (χ0) is 20.9. The second-order valence-electron chi connectivity index (χ2n) is 8.02. The van der Waals surface area contributed by atoms with Crippen molar-refractivity contribution in [3.8, 4) is 0 Å². The van der Waals surface area contributed by atoms with Crippen LogP contribution in [0, 0.1) is 11.6 Å². The van der Waals surface area contributed by atoms with E-state index in [4.69, 9.17) is 0 Å². The SMILES string of the molecule is O=C1C[C@@H](c2ccc(F)cc2)C2(C(=O)Nc3ccccc32)[C@H](c2ccc(F)cc2)C1. The second kappa shape index (κ2) is 6.87. The van der Waals surface area contributed by atoms with Crippen molar-refractivity contribution in [1.82, 2.24) is 0 Å². The van der Waals surface area contributed by atoms with Gasteiger partial charge in [0.15, 0.2) is 0 Å². The van der Waals surface area contributed by atoms with Crippen LogP contribution in [0.4, 0.5) is 14.5 Å². The van der Waals surface area contributed by atoms with Crippen molar-refractivity contribution in [1.29, 1.82) is 0 Å². The van der Waals surface area contributed by atoms with Crippen molar-refractivity contribution in [3.63, 3.8) is 0 Å². The van der Waals surface area contributed by atoms with E-state index in [0.717, 1.165) is 22.4 Å². The first kappa shape index (κ1) is 18.7. The molecule has 150 valence electrons. The smallest absolute Gasteiger partial charge is 0.236 e. The van der Waals surface area contributed by atoms with Gasteiger partial charge in [-0.05, 0) is 47.0 Å². The van der Waals surface area contributed by atoms with Gasteiger partial charge >= 0.3 is 0 Å². The normalized spacial score (nSPS) is 22.1. The zero-order valence-electron chi connectivity index (χ0n) is 16.1. The summed E-state index contributed by atoms with van der Waals surface area (Å²) in [5, 5.41) is 3.00. The number of nitrogens with one attached hydrogen (secondary N) is 1. The van der Waals surface area contributed by atoms with Crippen LogP contribution in [0.1, 0.15) is 41.4 Å². The average molecular weight is 403 g/mol. The third kappa shape index (κ3) is 2.69. The molecule has 0 saturated heterocycles. The summed E-state index contributed by atoms with van der Waals surface area (Å²) < 4.78 is 27.2. The molecule has 0 unspecified atom stereocenters. The maximum Gasteiger partial charge on any atom is 0.236 e. The highest BCUT2D eigenvalue weighted by molar-refractivity contribution is 6.09. The molecule has 1 fully saturated rings. The van der Waals surface area contributed by atoms with Crippen molar-refractivity contribution in [2.75, 3.05) is 5.32 Å². The van der Waals surface area contributed by atoms with Gasteiger partial charge in [0, 0.05) is 30.4 Å². The first-order valence-corrected chi connectivity index (χ1v) is 9.93. The Hall–Kier alpha value is -3.34. The predicted octanol–water partition coefficient (Wildman–Crippen LogP) is 5.09. The van der Waals surface area contributed by atoms with E-state index in [2.05, 4.69) is 5.32 Å². The predicted molar refractivity (Wildman–Crippen MR) is 109 cm³/mol. The molecule has 1 aliphatic heterocycles. The summed E-state index contributed by atoms with van der Waals surface area (Å²) in [6, 6.07) is 19.5. The highest BCUT2D eigenvalue weighted by Crippen LogP contribution is 2.59. The van der Waals surface area contributed by atoms with Crippen LogP contribution >= 0.6 is 0 Å². The average Bonchev–Trinajstić information content (AvgIpc) is 3.03. The lowest BCUT2D eigenvalue weighted by atomic mass is 9.54. The van der Waals surface area contributed by atoms with Crippen LogP contribution < -0.4 is 5.32 Å². The Bertz CT molecular complexity index is 1080. The second-order valence-corrected chi connectivity index (χ2v) is 8.02. The van der Waals surface area contributed by atoms with Crippen LogP contribution in [-0.2, 0) is 15.0 Å². The molecule has 1 N–H and O–H groups in total. The van der Waals surface area contributed by atoms with Gasteiger partial charge in [-0.2, -0.15) is 0 Å². The number of hydrogen-bond donors (Lipinski definition) is 1. The minimum atomic E-state index is -1.04. The fourth-order valence-corrected chi connectivity index (χ4v) is 5.25. The number of carbonyl (C=O) groups excluding carboxylic acids is 2. The number of fused-ring (bicyclic) bond motifs is 2. The highest BCUT2D eigenvalue weighted by atomic mass is 19.1. The Kier molecular flexibility index (Phi) is 4.28. The zero-order valence-corrected chi connectivity index (χ0v) is 16.1. The molecule has 1 amide bonds. The van der Waals surface area contributed by atoms with Gasteiger partial charge in [-0.3, -0.25) is 9.59 Å². The number of hydrogen-bond acceptors (Lipinski definition) is 2. The third-order valence-electron chi connectivity index (χ3n) is 6.50. The van der Waals surface area contributed by atoms with Gasteiger partial charge in [0.1, 0.15) is 17.4 Å². The maximum absolute atomic E-state index is 13.6. The number of carbonyl (C=O) groups is 2. The van der Waals surface area contributed by atoms with Gasteiger partial charge < -0.3 is 5.32 Å². The van der Waals surface area contributed by atoms with Crippen molar-refractivity contribution in [2.24, 2.45) is 0 Å². The number of rotatable bonds is 2. The molecule has 5 heteroatoms. The van der Waals surface area contributed by atoms with Gasteiger partial charge in [0.05, 0.1) is 5.41 Å². The molecule has 30 heavy (non-hydrogen) atoms. The Labute approximate surface area is 172 Å². The fourth-order valence-electron chi connectivity index (χ4n) is 5.25. The molecular weight excluding hydrogens is 384 g/mol. The number of benzene rings is 3.